The highest BCUT2D eigenvalue weighted by molar-refractivity contribution is 5.99. The number of aromatic nitrogens is 4. The van der Waals surface area contributed by atoms with E-state index >= 15 is 0 Å². The molecule has 0 spiro atoms. The van der Waals surface area contributed by atoms with E-state index in [0.717, 1.165) is 45.8 Å². The molecule has 1 N–H and O–H groups in total. The predicted molar refractivity (Wildman–Crippen MR) is 132 cm³/mol. The Balaban J connectivity index is 1.56. The SMILES string of the molecule is COc1ccnc(CN2CCc3c(cc(Cn4ccn(C)c4=N)cc3-c3cccnc3C)C2=O)c1. The normalized spacial score (nSPS) is 13.1. The number of nitrogens with one attached hydrogen (secondary N) is 1. The summed E-state index contributed by atoms with van der Waals surface area (Å²) < 4.78 is 8.95. The topological polar surface area (TPSA) is 89.0 Å². The van der Waals surface area contributed by atoms with E-state index in [0.29, 0.717) is 30.8 Å². The third-order valence-electron chi connectivity index (χ3n) is 6.56. The third-order valence-corrected chi connectivity index (χ3v) is 6.56. The molecule has 0 radical (unpaired) electrons. The zero-order valence-electron chi connectivity index (χ0n) is 20.2. The highest BCUT2D eigenvalue weighted by atomic mass is 16.5. The van der Waals surface area contributed by atoms with Crippen LogP contribution < -0.4 is 10.4 Å². The summed E-state index contributed by atoms with van der Waals surface area (Å²) in [5.41, 5.74) is 6.92. The largest absolute Gasteiger partial charge is 0.497 e. The first-order valence-corrected chi connectivity index (χ1v) is 11.6. The Hall–Kier alpha value is -4.20. The van der Waals surface area contributed by atoms with Crippen molar-refractivity contribution in [3.63, 3.8) is 0 Å². The number of rotatable bonds is 6. The van der Waals surface area contributed by atoms with Crippen LogP contribution in [-0.4, -0.2) is 43.6 Å². The van der Waals surface area contributed by atoms with Gasteiger partial charge in [-0.05, 0) is 54.3 Å². The van der Waals surface area contributed by atoms with Gasteiger partial charge in [-0.2, -0.15) is 0 Å². The van der Waals surface area contributed by atoms with E-state index in [1.165, 1.54) is 0 Å². The van der Waals surface area contributed by atoms with Crippen LogP contribution >= 0.6 is 0 Å². The molecule has 1 aliphatic heterocycles. The third kappa shape index (κ3) is 4.35. The molecule has 3 aromatic heterocycles. The summed E-state index contributed by atoms with van der Waals surface area (Å²) in [5, 5.41) is 8.32. The van der Waals surface area contributed by atoms with Gasteiger partial charge in [-0.3, -0.25) is 20.2 Å². The van der Waals surface area contributed by atoms with Crippen LogP contribution in [0.25, 0.3) is 11.1 Å². The summed E-state index contributed by atoms with van der Waals surface area (Å²) in [6.45, 7) is 3.53. The van der Waals surface area contributed by atoms with E-state index < -0.39 is 0 Å². The van der Waals surface area contributed by atoms with Crippen LogP contribution in [0.15, 0.2) is 61.2 Å². The van der Waals surface area contributed by atoms with Crippen molar-refractivity contribution in [1.82, 2.24) is 24.0 Å². The van der Waals surface area contributed by atoms with Gasteiger partial charge in [0.2, 0.25) is 5.62 Å². The Labute approximate surface area is 204 Å². The summed E-state index contributed by atoms with van der Waals surface area (Å²) in [4.78, 5) is 24.5. The Kier molecular flexibility index (Phi) is 5.94. The fraction of sp³-hybridized carbons (Fsp3) is 0.259. The van der Waals surface area contributed by atoms with Gasteiger partial charge in [0.1, 0.15) is 5.75 Å². The van der Waals surface area contributed by atoms with Gasteiger partial charge in [0.15, 0.2) is 0 Å². The van der Waals surface area contributed by atoms with Crippen molar-refractivity contribution in [2.75, 3.05) is 13.7 Å². The summed E-state index contributed by atoms with van der Waals surface area (Å²) in [6.07, 6.45) is 7.99. The Morgan fingerprint density at radius 1 is 1.03 bits per heavy atom. The number of ether oxygens (including phenoxy) is 1. The van der Waals surface area contributed by atoms with E-state index in [2.05, 4.69) is 22.1 Å². The smallest absolute Gasteiger partial charge is 0.254 e. The maximum atomic E-state index is 13.7. The van der Waals surface area contributed by atoms with Crippen molar-refractivity contribution < 1.29 is 9.53 Å². The molecule has 0 fully saturated rings. The number of fused-ring (bicyclic) bond motifs is 1. The number of benzene rings is 1. The lowest BCUT2D eigenvalue weighted by Gasteiger charge is -2.30. The lowest BCUT2D eigenvalue weighted by molar-refractivity contribution is 0.0725. The first-order valence-electron chi connectivity index (χ1n) is 11.6. The molecule has 178 valence electrons. The van der Waals surface area contributed by atoms with E-state index in [1.54, 1.807) is 30.1 Å². The minimum Gasteiger partial charge on any atom is -0.497 e. The molecule has 0 unspecified atom stereocenters. The molecule has 8 heteroatoms. The molecule has 0 bridgehead atoms. The van der Waals surface area contributed by atoms with Crippen LogP contribution in [-0.2, 0) is 26.6 Å². The maximum Gasteiger partial charge on any atom is 0.254 e. The van der Waals surface area contributed by atoms with E-state index in [4.69, 9.17) is 10.1 Å². The summed E-state index contributed by atoms with van der Waals surface area (Å²) in [5.74, 6) is 0.715. The Morgan fingerprint density at radius 3 is 2.60 bits per heavy atom. The number of pyridine rings is 2. The quantitative estimate of drug-likeness (QED) is 0.470. The number of amides is 1. The zero-order chi connectivity index (χ0) is 24.5. The second-order valence-corrected chi connectivity index (χ2v) is 8.83. The second kappa shape index (κ2) is 9.21. The van der Waals surface area contributed by atoms with Crippen LogP contribution in [0.5, 0.6) is 5.75 Å². The van der Waals surface area contributed by atoms with Gasteiger partial charge in [-0.15, -0.1) is 0 Å². The summed E-state index contributed by atoms with van der Waals surface area (Å²) in [7, 11) is 3.47. The number of nitrogens with zero attached hydrogens (tertiary/aromatic N) is 5. The minimum absolute atomic E-state index is 0.00956. The van der Waals surface area contributed by atoms with Crippen LogP contribution in [0.2, 0.25) is 0 Å². The van der Waals surface area contributed by atoms with E-state index in [-0.39, 0.29) is 5.91 Å². The molecule has 1 aromatic carbocycles. The first-order chi connectivity index (χ1) is 16.9. The zero-order valence-corrected chi connectivity index (χ0v) is 20.2. The molecule has 8 nitrogen and oxygen atoms in total. The van der Waals surface area contributed by atoms with Gasteiger partial charge < -0.3 is 18.8 Å². The van der Waals surface area contributed by atoms with Crippen molar-refractivity contribution in [2.24, 2.45) is 7.05 Å². The van der Waals surface area contributed by atoms with Crippen molar-refractivity contribution in [3.05, 3.63) is 94.9 Å². The minimum atomic E-state index is -0.00956. The average molecular weight is 469 g/mol. The van der Waals surface area contributed by atoms with Gasteiger partial charge in [-0.25, -0.2) is 0 Å². The van der Waals surface area contributed by atoms with Crippen LogP contribution in [0, 0.1) is 12.3 Å². The standard InChI is InChI=1S/C27H28N6O2/c1-18-22(5-4-8-29-18)24-13-19(16-33-12-11-31(2)27(33)28)14-25-23(24)7-10-32(26(25)34)17-20-15-21(35-3)6-9-30-20/h4-6,8-9,11-15,28H,7,10,16-17H2,1-3H3. The predicted octanol–water partition coefficient (Wildman–Crippen LogP) is 3.33. The molecule has 0 saturated carbocycles. The fourth-order valence-electron chi connectivity index (χ4n) is 4.68. The average Bonchev–Trinajstić information content (AvgIpc) is 3.18. The van der Waals surface area contributed by atoms with Gasteiger partial charge in [0, 0.05) is 61.3 Å². The van der Waals surface area contributed by atoms with E-state index in [1.807, 2.05) is 54.0 Å². The number of methoxy groups -OCH3 is 1. The monoisotopic (exact) mass is 468 g/mol. The number of aryl methyl sites for hydroxylation is 2. The van der Waals surface area contributed by atoms with Crippen LogP contribution in [0.4, 0.5) is 0 Å². The fourth-order valence-corrected chi connectivity index (χ4v) is 4.68. The van der Waals surface area contributed by atoms with Crippen LogP contribution in [0.3, 0.4) is 0 Å². The highest BCUT2D eigenvalue weighted by Gasteiger charge is 2.28. The highest BCUT2D eigenvalue weighted by Crippen LogP contribution is 2.34. The molecule has 0 aliphatic carbocycles. The number of imidazole rings is 1. The van der Waals surface area contributed by atoms with Gasteiger partial charge in [0.05, 0.1) is 25.9 Å². The van der Waals surface area contributed by atoms with Crippen molar-refractivity contribution >= 4 is 5.91 Å². The Morgan fingerprint density at radius 2 is 1.86 bits per heavy atom. The van der Waals surface area contributed by atoms with Crippen molar-refractivity contribution in [3.8, 4) is 16.9 Å². The number of carbonyl (C=O) groups is 1. The maximum absolute atomic E-state index is 13.7. The van der Waals surface area contributed by atoms with E-state index in [9.17, 15) is 4.79 Å². The molecule has 4 aromatic rings. The molecule has 5 rings (SSSR count). The molecule has 1 aliphatic rings. The molecule has 4 heterocycles. The molecule has 1 amide bonds. The van der Waals surface area contributed by atoms with Crippen molar-refractivity contribution in [2.45, 2.75) is 26.4 Å². The number of carbonyl (C=O) groups excluding carboxylic acids is 1. The van der Waals surface area contributed by atoms with Gasteiger partial charge >= 0.3 is 0 Å². The number of hydrogen-bond acceptors (Lipinski definition) is 5. The lowest BCUT2D eigenvalue weighted by Crippen LogP contribution is -2.37. The van der Waals surface area contributed by atoms with Gasteiger partial charge in [0.25, 0.3) is 5.91 Å². The molecule has 0 atom stereocenters. The molecular formula is C27H28N6O2. The summed E-state index contributed by atoms with van der Waals surface area (Å²) >= 11 is 0. The lowest BCUT2D eigenvalue weighted by atomic mass is 9.87. The molecule has 0 saturated heterocycles. The Bertz CT molecular complexity index is 1470. The molecule has 35 heavy (non-hydrogen) atoms. The van der Waals surface area contributed by atoms with Gasteiger partial charge in [-0.1, -0.05) is 6.07 Å². The molecular weight excluding hydrogens is 440 g/mol. The van der Waals surface area contributed by atoms with Crippen LogP contribution in [0.1, 0.15) is 32.9 Å². The number of hydrogen-bond donors (Lipinski definition) is 1. The second-order valence-electron chi connectivity index (χ2n) is 8.83. The first kappa shape index (κ1) is 22.6. The summed E-state index contributed by atoms with van der Waals surface area (Å²) in [6, 6.07) is 11.8. The van der Waals surface area contributed by atoms with Crippen molar-refractivity contribution in [1.29, 1.82) is 5.41 Å².